The zero-order valence-electron chi connectivity index (χ0n) is 13.7. The summed E-state index contributed by atoms with van der Waals surface area (Å²) in [5.41, 5.74) is 5.43. The van der Waals surface area contributed by atoms with Gasteiger partial charge < -0.3 is 5.11 Å². The summed E-state index contributed by atoms with van der Waals surface area (Å²) < 4.78 is 0. The summed E-state index contributed by atoms with van der Waals surface area (Å²) in [6.45, 7) is 2.01. The molecule has 0 aromatic heterocycles. The lowest BCUT2D eigenvalue weighted by Crippen LogP contribution is -2.43. The maximum absolute atomic E-state index is 12.3. The van der Waals surface area contributed by atoms with Crippen molar-refractivity contribution in [2.75, 3.05) is 0 Å². The normalized spacial score (nSPS) is 21.2. The van der Waals surface area contributed by atoms with E-state index in [0.717, 1.165) is 5.56 Å². The zero-order valence-corrected chi connectivity index (χ0v) is 13.7. The van der Waals surface area contributed by atoms with E-state index >= 15 is 0 Å². The first-order valence-corrected chi connectivity index (χ1v) is 7.91. The fourth-order valence-electron chi connectivity index (χ4n) is 3.03. The zero-order chi connectivity index (χ0) is 18.0. The average Bonchev–Trinajstić information content (AvgIpc) is 3.33. The molecule has 6 nitrogen and oxygen atoms in total. The highest BCUT2D eigenvalue weighted by molar-refractivity contribution is 6.05. The maximum Gasteiger partial charge on any atom is 0.336 e. The lowest BCUT2D eigenvalue weighted by atomic mass is 9.95. The van der Waals surface area contributed by atoms with Crippen LogP contribution < -0.4 is 10.9 Å². The number of aromatic carboxylic acids is 1. The molecule has 1 aliphatic rings. The van der Waals surface area contributed by atoms with E-state index in [1.54, 1.807) is 6.07 Å². The Hall–Kier alpha value is -3.15. The number of carbonyl (C=O) groups excluding carboxylic acids is 2. The van der Waals surface area contributed by atoms with Gasteiger partial charge in [0, 0.05) is 11.3 Å². The first-order chi connectivity index (χ1) is 11.9. The lowest BCUT2D eigenvalue weighted by Gasteiger charge is -2.13. The van der Waals surface area contributed by atoms with Crippen molar-refractivity contribution in [1.82, 2.24) is 10.9 Å². The van der Waals surface area contributed by atoms with Crippen molar-refractivity contribution >= 4 is 17.8 Å². The first kappa shape index (κ1) is 16.7. The fourth-order valence-corrected chi connectivity index (χ4v) is 3.03. The molecule has 1 aliphatic carbocycles. The van der Waals surface area contributed by atoms with Crippen LogP contribution in [0.4, 0.5) is 0 Å². The third-order valence-electron chi connectivity index (χ3n) is 4.69. The van der Waals surface area contributed by atoms with Gasteiger partial charge >= 0.3 is 5.97 Å². The van der Waals surface area contributed by atoms with Crippen molar-refractivity contribution in [2.24, 2.45) is 5.92 Å². The van der Waals surface area contributed by atoms with Gasteiger partial charge in [-0.25, -0.2) is 4.79 Å². The van der Waals surface area contributed by atoms with E-state index in [1.807, 2.05) is 37.3 Å². The molecule has 2 aromatic carbocycles. The van der Waals surface area contributed by atoms with Crippen LogP contribution in [0, 0.1) is 5.92 Å². The van der Waals surface area contributed by atoms with Crippen molar-refractivity contribution in [3.05, 3.63) is 71.3 Å². The van der Waals surface area contributed by atoms with Crippen LogP contribution in [0.2, 0.25) is 0 Å². The summed E-state index contributed by atoms with van der Waals surface area (Å²) >= 11 is 0. The van der Waals surface area contributed by atoms with Crippen molar-refractivity contribution in [3.63, 3.8) is 0 Å². The van der Waals surface area contributed by atoms with Gasteiger partial charge in [-0.15, -0.1) is 0 Å². The molecular weight excluding hydrogens is 320 g/mol. The minimum absolute atomic E-state index is 0.00285. The SMILES string of the molecule is C[C@]1(c2ccccc2)C[C@@H]1C(=O)NNC(=O)c1ccccc1C(=O)O. The Morgan fingerprint density at radius 3 is 2.20 bits per heavy atom. The number of hydrogen-bond acceptors (Lipinski definition) is 3. The Bertz CT molecular complexity index is 834. The Labute approximate surface area is 144 Å². The second kappa shape index (κ2) is 6.39. The molecule has 25 heavy (non-hydrogen) atoms. The minimum Gasteiger partial charge on any atom is -0.478 e. The van der Waals surface area contributed by atoms with Crippen molar-refractivity contribution in [1.29, 1.82) is 0 Å². The monoisotopic (exact) mass is 338 g/mol. The van der Waals surface area contributed by atoms with Crippen molar-refractivity contribution < 1.29 is 19.5 Å². The summed E-state index contributed by atoms with van der Waals surface area (Å²) in [5, 5.41) is 9.12. The first-order valence-electron chi connectivity index (χ1n) is 7.91. The molecule has 1 fully saturated rings. The number of amides is 2. The van der Waals surface area contributed by atoms with Crippen LogP contribution in [-0.2, 0) is 10.2 Å². The van der Waals surface area contributed by atoms with Gasteiger partial charge in [-0.2, -0.15) is 0 Å². The number of carboxylic acid groups (broad SMARTS) is 1. The second-order valence-corrected chi connectivity index (χ2v) is 6.33. The highest BCUT2D eigenvalue weighted by Gasteiger charge is 2.55. The lowest BCUT2D eigenvalue weighted by molar-refractivity contribution is -0.123. The fraction of sp³-hybridized carbons (Fsp3) is 0.211. The molecule has 0 aliphatic heterocycles. The molecule has 3 rings (SSSR count). The van der Waals surface area contributed by atoms with Crippen LogP contribution >= 0.6 is 0 Å². The van der Waals surface area contributed by atoms with E-state index in [1.165, 1.54) is 18.2 Å². The largest absolute Gasteiger partial charge is 0.478 e. The molecular formula is C19H18N2O4. The van der Waals surface area contributed by atoms with Gasteiger partial charge in [-0.3, -0.25) is 20.4 Å². The predicted molar refractivity (Wildman–Crippen MR) is 90.9 cm³/mol. The number of benzene rings is 2. The smallest absolute Gasteiger partial charge is 0.336 e. The Kier molecular flexibility index (Phi) is 4.27. The molecule has 2 aromatic rings. The van der Waals surface area contributed by atoms with Crippen LogP contribution in [0.25, 0.3) is 0 Å². The number of carbonyl (C=O) groups is 3. The molecule has 0 heterocycles. The molecule has 2 atom stereocenters. The van der Waals surface area contributed by atoms with Gasteiger partial charge in [-0.1, -0.05) is 49.4 Å². The maximum atomic E-state index is 12.3. The molecule has 6 heteroatoms. The number of hydrazine groups is 1. The number of hydrogen-bond donors (Lipinski definition) is 3. The van der Waals surface area contributed by atoms with Crippen LogP contribution in [0.1, 0.15) is 39.6 Å². The quantitative estimate of drug-likeness (QED) is 0.744. The molecule has 0 bridgehead atoms. The molecule has 0 saturated heterocycles. The standard InChI is InChI=1S/C19H18N2O4/c1-19(12-7-3-2-4-8-12)11-15(19)17(23)21-20-16(22)13-9-5-6-10-14(13)18(24)25/h2-10,15H,11H2,1H3,(H,20,22)(H,21,23)(H,24,25)/t15-,19-/m1/s1. The number of nitrogens with one attached hydrogen (secondary N) is 2. The summed E-state index contributed by atoms with van der Waals surface area (Å²) in [7, 11) is 0. The molecule has 2 amide bonds. The average molecular weight is 338 g/mol. The summed E-state index contributed by atoms with van der Waals surface area (Å²) in [5.74, 6) is -2.37. The molecule has 0 spiro atoms. The van der Waals surface area contributed by atoms with E-state index in [9.17, 15) is 14.4 Å². The molecule has 0 radical (unpaired) electrons. The van der Waals surface area contributed by atoms with E-state index in [0.29, 0.717) is 6.42 Å². The molecule has 128 valence electrons. The van der Waals surface area contributed by atoms with E-state index in [2.05, 4.69) is 10.9 Å². The third-order valence-corrected chi connectivity index (χ3v) is 4.69. The van der Waals surface area contributed by atoms with Gasteiger partial charge in [0.15, 0.2) is 0 Å². The van der Waals surface area contributed by atoms with E-state index in [4.69, 9.17) is 5.11 Å². The van der Waals surface area contributed by atoms with Crippen LogP contribution in [0.5, 0.6) is 0 Å². The Morgan fingerprint density at radius 2 is 1.56 bits per heavy atom. The predicted octanol–water partition coefficient (Wildman–Crippen LogP) is 2.12. The summed E-state index contributed by atoms with van der Waals surface area (Å²) in [6, 6.07) is 15.6. The summed E-state index contributed by atoms with van der Waals surface area (Å²) in [6.07, 6.45) is 0.699. The van der Waals surface area contributed by atoms with Crippen LogP contribution in [-0.4, -0.2) is 22.9 Å². The number of rotatable bonds is 4. The van der Waals surface area contributed by atoms with Gasteiger partial charge in [0.2, 0.25) is 5.91 Å². The molecule has 3 N–H and O–H groups in total. The Balaban J connectivity index is 1.63. The molecule has 1 saturated carbocycles. The Morgan fingerprint density at radius 1 is 0.960 bits per heavy atom. The third kappa shape index (κ3) is 3.24. The summed E-state index contributed by atoms with van der Waals surface area (Å²) in [4.78, 5) is 35.6. The van der Waals surface area contributed by atoms with Crippen molar-refractivity contribution in [2.45, 2.75) is 18.8 Å². The topological polar surface area (TPSA) is 95.5 Å². The van der Waals surface area contributed by atoms with Gasteiger partial charge in [0.25, 0.3) is 5.91 Å². The molecule has 0 unspecified atom stereocenters. The van der Waals surface area contributed by atoms with Crippen molar-refractivity contribution in [3.8, 4) is 0 Å². The highest BCUT2D eigenvalue weighted by atomic mass is 16.4. The number of carboxylic acids is 1. The van der Waals surface area contributed by atoms with Crippen LogP contribution in [0.3, 0.4) is 0 Å². The second-order valence-electron chi connectivity index (χ2n) is 6.33. The van der Waals surface area contributed by atoms with Gasteiger partial charge in [0.05, 0.1) is 11.1 Å². The van der Waals surface area contributed by atoms with Gasteiger partial charge in [0.1, 0.15) is 0 Å². The van der Waals surface area contributed by atoms with Crippen LogP contribution in [0.15, 0.2) is 54.6 Å². The van der Waals surface area contributed by atoms with E-state index in [-0.39, 0.29) is 28.4 Å². The minimum atomic E-state index is -1.20. The van der Waals surface area contributed by atoms with Gasteiger partial charge in [-0.05, 0) is 24.1 Å². The van der Waals surface area contributed by atoms with E-state index < -0.39 is 11.9 Å². The highest BCUT2D eigenvalue weighted by Crippen LogP contribution is 2.53.